The highest BCUT2D eigenvalue weighted by Crippen LogP contribution is 2.33. The number of fused-ring (bicyclic) bond motifs is 2. The van der Waals surface area contributed by atoms with Gasteiger partial charge in [-0.15, -0.1) is 10.2 Å². The fourth-order valence-electron chi connectivity index (χ4n) is 3.23. The summed E-state index contributed by atoms with van der Waals surface area (Å²) in [6, 6.07) is 12.5. The van der Waals surface area contributed by atoms with Gasteiger partial charge in [0.05, 0.1) is 17.2 Å². The smallest absolute Gasteiger partial charge is 0.291 e. The molecule has 2 aromatic carbocycles. The molecule has 154 valence electrons. The maximum atomic E-state index is 13.1. The van der Waals surface area contributed by atoms with E-state index in [4.69, 9.17) is 4.42 Å². The molecule has 31 heavy (non-hydrogen) atoms. The van der Waals surface area contributed by atoms with E-state index in [-0.39, 0.29) is 17.2 Å². The summed E-state index contributed by atoms with van der Waals surface area (Å²) in [5.41, 5.74) is 2.18. The maximum Gasteiger partial charge on any atom is 0.291 e. The fraction of sp³-hybridized carbons (Fsp3) is 0.0952. The van der Waals surface area contributed by atoms with Crippen LogP contribution in [-0.4, -0.2) is 26.1 Å². The van der Waals surface area contributed by atoms with E-state index in [1.54, 1.807) is 18.2 Å². The number of anilines is 1. The molecule has 0 spiro atoms. The average Bonchev–Trinajstić information content (AvgIpc) is 3.36. The standard InChI is InChI=1S/C21H15N5O3S2/c1-11-25-26-21(31-11)30-9-15-13-4-2-3-5-17(13)29-18(15)20(28)24-12-6-7-16-14(8-12)19(27)23-10-22-16/h2-8,10H,9H2,1H3,(H,24,28)(H,22,23,27). The second-order valence-electron chi connectivity index (χ2n) is 6.70. The number of para-hydroxylation sites is 1. The summed E-state index contributed by atoms with van der Waals surface area (Å²) in [5.74, 6) is 0.352. The zero-order chi connectivity index (χ0) is 21.4. The van der Waals surface area contributed by atoms with Gasteiger partial charge >= 0.3 is 0 Å². The molecule has 8 nitrogen and oxygen atoms in total. The minimum absolute atomic E-state index is 0.232. The van der Waals surface area contributed by atoms with Crippen molar-refractivity contribution in [2.24, 2.45) is 0 Å². The highest BCUT2D eigenvalue weighted by atomic mass is 32.2. The van der Waals surface area contributed by atoms with Gasteiger partial charge in [0.2, 0.25) is 0 Å². The number of carbonyl (C=O) groups is 1. The Bertz CT molecular complexity index is 1490. The van der Waals surface area contributed by atoms with Crippen molar-refractivity contribution in [2.45, 2.75) is 17.0 Å². The Morgan fingerprint density at radius 2 is 2.06 bits per heavy atom. The number of furan rings is 1. The number of benzene rings is 2. The number of thioether (sulfide) groups is 1. The Labute approximate surface area is 183 Å². The molecule has 0 unspecified atom stereocenters. The summed E-state index contributed by atoms with van der Waals surface area (Å²) in [6.07, 6.45) is 1.35. The number of nitrogens with one attached hydrogen (secondary N) is 2. The molecule has 10 heteroatoms. The van der Waals surface area contributed by atoms with E-state index in [9.17, 15) is 9.59 Å². The van der Waals surface area contributed by atoms with Gasteiger partial charge in [-0.3, -0.25) is 9.59 Å². The Morgan fingerprint density at radius 1 is 1.19 bits per heavy atom. The van der Waals surface area contributed by atoms with Gasteiger partial charge in [0.1, 0.15) is 10.6 Å². The van der Waals surface area contributed by atoms with E-state index >= 15 is 0 Å². The molecule has 0 aliphatic heterocycles. The molecule has 0 aliphatic rings. The quantitative estimate of drug-likeness (QED) is 0.383. The number of H-pyrrole nitrogens is 1. The predicted octanol–water partition coefficient (Wildman–Crippen LogP) is 4.37. The third kappa shape index (κ3) is 3.82. The topological polar surface area (TPSA) is 114 Å². The third-order valence-corrected chi connectivity index (χ3v) is 6.65. The number of hydrogen-bond donors (Lipinski definition) is 2. The number of nitrogens with zero attached hydrogens (tertiary/aromatic N) is 3. The molecule has 0 atom stereocenters. The van der Waals surface area contributed by atoms with Crippen LogP contribution in [-0.2, 0) is 5.75 Å². The van der Waals surface area contributed by atoms with Gasteiger partial charge in [0, 0.05) is 22.4 Å². The summed E-state index contributed by atoms with van der Waals surface area (Å²) in [4.78, 5) is 31.8. The number of aryl methyl sites for hydroxylation is 1. The van der Waals surface area contributed by atoms with Crippen molar-refractivity contribution >= 4 is 56.6 Å². The molecule has 1 amide bonds. The van der Waals surface area contributed by atoms with Crippen molar-refractivity contribution in [3.05, 3.63) is 75.5 Å². The summed E-state index contributed by atoms with van der Waals surface area (Å²) >= 11 is 3.01. The second kappa shape index (κ2) is 7.97. The van der Waals surface area contributed by atoms with Crippen LogP contribution in [0.1, 0.15) is 21.1 Å². The van der Waals surface area contributed by atoms with Crippen LogP contribution in [0, 0.1) is 6.92 Å². The van der Waals surface area contributed by atoms with Crippen LogP contribution < -0.4 is 10.9 Å². The largest absolute Gasteiger partial charge is 0.451 e. The van der Waals surface area contributed by atoms with E-state index in [2.05, 4.69) is 25.5 Å². The first-order chi connectivity index (χ1) is 15.1. The minimum atomic E-state index is -0.389. The number of aromatic amines is 1. The number of amides is 1. The van der Waals surface area contributed by atoms with Gasteiger partial charge in [0.15, 0.2) is 10.1 Å². The van der Waals surface area contributed by atoms with Crippen molar-refractivity contribution in [2.75, 3.05) is 5.32 Å². The minimum Gasteiger partial charge on any atom is -0.451 e. The number of carbonyl (C=O) groups excluding carboxylic acids is 1. The second-order valence-corrected chi connectivity index (χ2v) is 9.10. The van der Waals surface area contributed by atoms with Crippen molar-refractivity contribution in [1.29, 1.82) is 0 Å². The third-order valence-electron chi connectivity index (χ3n) is 4.65. The molecule has 3 aromatic heterocycles. The predicted molar refractivity (Wildman–Crippen MR) is 121 cm³/mol. The molecule has 0 aliphatic carbocycles. The van der Waals surface area contributed by atoms with E-state index in [0.29, 0.717) is 27.9 Å². The fourth-order valence-corrected chi connectivity index (χ4v) is 5.07. The summed E-state index contributed by atoms with van der Waals surface area (Å²) < 4.78 is 6.73. The average molecular weight is 450 g/mol. The van der Waals surface area contributed by atoms with Gasteiger partial charge in [-0.2, -0.15) is 0 Å². The highest BCUT2D eigenvalue weighted by molar-refractivity contribution is 8.00. The Morgan fingerprint density at radius 3 is 2.90 bits per heavy atom. The molecule has 0 fully saturated rings. The van der Waals surface area contributed by atoms with Crippen LogP contribution >= 0.6 is 23.1 Å². The molecule has 0 bridgehead atoms. The molecule has 0 saturated heterocycles. The normalized spacial score (nSPS) is 11.3. The zero-order valence-corrected chi connectivity index (χ0v) is 17.8. The lowest BCUT2D eigenvalue weighted by molar-refractivity contribution is 0.0998. The van der Waals surface area contributed by atoms with Gasteiger partial charge in [-0.1, -0.05) is 41.3 Å². The van der Waals surface area contributed by atoms with Crippen molar-refractivity contribution < 1.29 is 9.21 Å². The summed E-state index contributed by atoms with van der Waals surface area (Å²) in [5, 5.41) is 13.2. The number of aromatic nitrogens is 4. The molecule has 5 rings (SSSR count). The zero-order valence-electron chi connectivity index (χ0n) is 16.2. The first-order valence-electron chi connectivity index (χ1n) is 9.30. The van der Waals surface area contributed by atoms with Crippen LogP contribution in [0.15, 0.2) is 62.3 Å². The van der Waals surface area contributed by atoms with Gasteiger partial charge in [0.25, 0.3) is 11.5 Å². The molecule has 2 N–H and O–H groups in total. The molecule has 5 aromatic rings. The van der Waals surface area contributed by atoms with Crippen molar-refractivity contribution in [3.8, 4) is 0 Å². The summed E-state index contributed by atoms with van der Waals surface area (Å²) in [7, 11) is 0. The first kappa shape index (κ1) is 19.5. The van der Waals surface area contributed by atoms with Crippen LogP contribution in [0.4, 0.5) is 5.69 Å². The lowest BCUT2D eigenvalue weighted by Gasteiger charge is -2.06. The van der Waals surface area contributed by atoms with Crippen molar-refractivity contribution in [3.63, 3.8) is 0 Å². The van der Waals surface area contributed by atoms with E-state index in [1.807, 2.05) is 31.2 Å². The molecule has 0 radical (unpaired) electrons. The van der Waals surface area contributed by atoms with E-state index in [0.717, 1.165) is 20.3 Å². The Kier molecular flexibility index (Phi) is 5.00. The van der Waals surface area contributed by atoms with E-state index in [1.165, 1.54) is 29.4 Å². The number of rotatable bonds is 5. The van der Waals surface area contributed by atoms with Gasteiger partial charge < -0.3 is 14.7 Å². The molecular formula is C21H15N5O3S2. The van der Waals surface area contributed by atoms with Gasteiger partial charge in [-0.25, -0.2) is 4.98 Å². The first-order valence-corrected chi connectivity index (χ1v) is 11.1. The Balaban J connectivity index is 1.48. The van der Waals surface area contributed by atoms with Crippen LogP contribution in [0.3, 0.4) is 0 Å². The lowest BCUT2D eigenvalue weighted by atomic mass is 10.1. The lowest BCUT2D eigenvalue weighted by Crippen LogP contribution is -2.13. The highest BCUT2D eigenvalue weighted by Gasteiger charge is 2.21. The summed E-state index contributed by atoms with van der Waals surface area (Å²) in [6.45, 7) is 1.90. The number of hydrogen-bond acceptors (Lipinski definition) is 8. The van der Waals surface area contributed by atoms with Crippen LogP contribution in [0.2, 0.25) is 0 Å². The van der Waals surface area contributed by atoms with Crippen LogP contribution in [0.25, 0.3) is 21.9 Å². The molecular weight excluding hydrogens is 434 g/mol. The monoisotopic (exact) mass is 449 g/mol. The maximum absolute atomic E-state index is 13.1. The van der Waals surface area contributed by atoms with Gasteiger partial charge in [-0.05, 0) is 31.2 Å². The van der Waals surface area contributed by atoms with E-state index < -0.39 is 0 Å². The van der Waals surface area contributed by atoms with Crippen LogP contribution in [0.5, 0.6) is 0 Å². The SMILES string of the molecule is Cc1nnc(SCc2c(C(=O)Nc3ccc4nc[nH]c(=O)c4c3)oc3ccccc23)s1. The Hall–Kier alpha value is -3.50. The molecule has 3 heterocycles. The molecule has 0 saturated carbocycles. The van der Waals surface area contributed by atoms with Crippen molar-refractivity contribution in [1.82, 2.24) is 20.2 Å².